The number of hydrogen-bond donors (Lipinski definition) is 1. The third-order valence-corrected chi connectivity index (χ3v) is 5.83. The molecule has 0 aromatic carbocycles. The van der Waals surface area contributed by atoms with E-state index in [1.54, 1.807) is 22.5 Å². The number of nitrogens with one attached hydrogen (secondary N) is 1. The van der Waals surface area contributed by atoms with E-state index >= 15 is 0 Å². The van der Waals surface area contributed by atoms with Crippen LogP contribution in [0.15, 0.2) is 34.3 Å². The molecule has 4 rings (SSSR count). The Bertz CT molecular complexity index is 850. The molecule has 1 aliphatic heterocycles. The minimum Gasteiger partial charge on any atom is -0.350 e. The zero-order valence-electron chi connectivity index (χ0n) is 13.9. The fraction of sp³-hybridized carbons (Fsp3) is 0.444. The van der Waals surface area contributed by atoms with Gasteiger partial charge in [0.15, 0.2) is 5.16 Å². The first-order valence-corrected chi connectivity index (χ1v) is 9.64. The molecule has 3 heterocycles. The minimum atomic E-state index is -0.115. The van der Waals surface area contributed by atoms with Crippen molar-refractivity contribution in [1.82, 2.24) is 19.9 Å². The second kappa shape index (κ2) is 7.00. The lowest BCUT2D eigenvalue weighted by Crippen LogP contribution is -2.33. The zero-order chi connectivity index (χ0) is 17.2. The predicted molar refractivity (Wildman–Crippen MR) is 95.6 cm³/mol. The monoisotopic (exact) mass is 356 g/mol. The number of aromatic nitrogens is 3. The summed E-state index contributed by atoms with van der Waals surface area (Å²) in [5.74, 6) is 0.663. The van der Waals surface area contributed by atoms with Crippen molar-refractivity contribution in [2.45, 2.75) is 49.8 Å². The van der Waals surface area contributed by atoms with Gasteiger partial charge in [-0.05, 0) is 37.8 Å². The number of hydrogen-bond acceptors (Lipinski definition) is 5. The summed E-state index contributed by atoms with van der Waals surface area (Å²) < 4.78 is 1.75. The normalized spacial score (nSPS) is 18.5. The first kappa shape index (κ1) is 16.3. The molecule has 0 fully saturated rings. The van der Waals surface area contributed by atoms with E-state index in [0.29, 0.717) is 13.0 Å². The smallest absolute Gasteiger partial charge is 0.257 e. The maximum absolute atomic E-state index is 12.8. The maximum Gasteiger partial charge on any atom is 0.257 e. The number of amides is 1. The molecule has 25 heavy (non-hydrogen) atoms. The van der Waals surface area contributed by atoms with Gasteiger partial charge in [-0.25, -0.2) is 4.98 Å². The number of thioether (sulfide) groups is 1. The van der Waals surface area contributed by atoms with Gasteiger partial charge < -0.3 is 5.32 Å². The van der Waals surface area contributed by atoms with E-state index in [0.717, 1.165) is 53.5 Å². The zero-order valence-corrected chi connectivity index (χ0v) is 14.7. The Morgan fingerprint density at radius 3 is 3.04 bits per heavy atom. The van der Waals surface area contributed by atoms with Gasteiger partial charge in [0.2, 0.25) is 5.91 Å². The van der Waals surface area contributed by atoms with Crippen LogP contribution in [0.4, 0.5) is 0 Å². The van der Waals surface area contributed by atoms with Crippen LogP contribution in [0.3, 0.4) is 0 Å². The van der Waals surface area contributed by atoms with Crippen LogP contribution in [0.5, 0.6) is 0 Å². The highest BCUT2D eigenvalue weighted by Crippen LogP contribution is 2.33. The van der Waals surface area contributed by atoms with E-state index in [2.05, 4.69) is 15.3 Å². The van der Waals surface area contributed by atoms with Crippen molar-refractivity contribution in [3.05, 3.63) is 51.7 Å². The highest BCUT2D eigenvalue weighted by atomic mass is 32.2. The van der Waals surface area contributed by atoms with Crippen LogP contribution in [0, 0.1) is 0 Å². The van der Waals surface area contributed by atoms with Gasteiger partial charge in [-0.2, -0.15) is 0 Å². The number of nitrogens with zero attached hydrogens (tertiary/aromatic N) is 3. The van der Waals surface area contributed by atoms with E-state index in [9.17, 15) is 9.59 Å². The van der Waals surface area contributed by atoms with E-state index in [1.807, 2.05) is 18.2 Å². The van der Waals surface area contributed by atoms with E-state index < -0.39 is 0 Å². The van der Waals surface area contributed by atoms with Crippen molar-refractivity contribution in [2.24, 2.45) is 0 Å². The second-order valence-electron chi connectivity index (χ2n) is 6.47. The lowest BCUT2D eigenvalue weighted by atomic mass is 9.97. The number of carbonyl (C=O) groups excluding carboxylic acids is 1. The van der Waals surface area contributed by atoms with Gasteiger partial charge in [-0.1, -0.05) is 17.8 Å². The molecular formula is C18H20N4O2S. The molecular weight excluding hydrogens is 336 g/mol. The third kappa shape index (κ3) is 3.33. The summed E-state index contributed by atoms with van der Waals surface area (Å²) in [5, 5.41) is 3.66. The number of rotatable bonds is 4. The number of fused-ring (bicyclic) bond motifs is 2. The van der Waals surface area contributed by atoms with Crippen molar-refractivity contribution in [3.63, 3.8) is 0 Å². The molecule has 130 valence electrons. The Morgan fingerprint density at radius 1 is 1.32 bits per heavy atom. The Morgan fingerprint density at radius 2 is 2.20 bits per heavy atom. The Hall–Kier alpha value is -2.15. The third-order valence-electron chi connectivity index (χ3n) is 4.74. The number of aryl methyl sites for hydroxylation is 1. The van der Waals surface area contributed by atoms with Crippen molar-refractivity contribution < 1.29 is 4.79 Å². The van der Waals surface area contributed by atoms with Gasteiger partial charge in [0.05, 0.1) is 24.0 Å². The molecule has 6 nitrogen and oxygen atoms in total. The molecule has 1 aliphatic carbocycles. The summed E-state index contributed by atoms with van der Waals surface area (Å²) in [4.78, 5) is 34.0. The summed E-state index contributed by atoms with van der Waals surface area (Å²) in [6.45, 7) is 0.406. The van der Waals surface area contributed by atoms with Gasteiger partial charge in [-0.15, -0.1) is 0 Å². The van der Waals surface area contributed by atoms with Crippen LogP contribution in [0.1, 0.15) is 42.3 Å². The molecule has 0 bridgehead atoms. The van der Waals surface area contributed by atoms with Crippen LogP contribution >= 0.6 is 11.8 Å². The highest BCUT2D eigenvalue weighted by molar-refractivity contribution is 7.99. The van der Waals surface area contributed by atoms with Crippen LogP contribution in [0.25, 0.3) is 0 Å². The van der Waals surface area contributed by atoms with E-state index in [-0.39, 0.29) is 17.5 Å². The summed E-state index contributed by atoms with van der Waals surface area (Å²) in [6.07, 6.45) is 5.87. The first-order chi connectivity index (χ1) is 12.2. The average Bonchev–Trinajstić information content (AvgIpc) is 3.04. The Labute approximate surface area is 150 Å². The molecule has 1 unspecified atom stereocenters. The molecule has 7 heteroatoms. The van der Waals surface area contributed by atoms with Crippen LogP contribution in [-0.4, -0.2) is 26.2 Å². The topological polar surface area (TPSA) is 76.9 Å². The van der Waals surface area contributed by atoms with E-state index in [4.69, 9.17) is 0 Å². The summed E-state index contributed by atoms with van der Waals surface area (Å²) in [6, 6.07) is 5.50. The molecule has 0 radical (unpaired) electrons. The van der Waals surface area contributed by atoms with Gasteiger partial charge >= 0.3 is 0 Å². The standard InChI is InChI=1S/C18H20N4O2S/c23-16(20-10-12-5-3-4-8-19-12)9-13-11-25-18-21-15-7-2-1-6-14(15)17(24)22(13)18/h3-5,8,13H,1-2,6-7,9-11H2,(H,20,23). The molecule has 0 saturated carbocycles. The first-order valence-electron chi connectivity index (χ1n) is 8.66. The van der Waals surface area contributed by atoms with Crippen LogP contribution < -0.4 is 10.9 Å². The Balaban J connectivity index is 1.47. The van der Waals surface area contributed by atoms with Crippen LogP contribution in [0.2, 0.25) is 0 Å². The highest BCUT2D eigenvalue weighted by Gasteiger charge is 2.30. The van der Waals surface area contributed by atoms with Gasteiger partial charge in [0.1, 0.15) is 0 Å². The van der Waals surface area contributed by atoms with E-state index in [1.165, 1.54) is 0 Å². The average molecular weight is 356 g/mol. The molecule has 1 amide bonds. The molecule has 2 aromatic heterocycles. The predicted octanol–water partition coefficient (Wildman–Crippen LogP) is 1.87. The summed E-state index contributed by atoms with van der Waals surface area (Å²) >= 11 is 1.58. The maximum atomic E-state index is 12.8. The summed E-state index contributed by atoms with van der Waals surface area (Å²) in [5.41, 5.74) is 2.71. The lowest BCUT2D eigenvalue weighted by molar-refractivity contribution is -0.121. The minimum absolute atomic E-state index is 0.0614. The summed E-state index contributed by atoms with van der Waals surface area (Å²) in [7, 11) is 0. The van der Waals surface area contributed by atoms with Crippen molar-refractivity contribution >= 4 is 17.7 Å². The second-order valence-corrected chi connectivity index (χ2v) is 7.46. The lowest BCUT2D eigenvalue weighted by Gasteiger charge is -2.18. The quantitative estimate of drug-likeness (QED) is 0.847. The molecule has 0 saturated heterocycles. The fourth-order valence-corrected chi connectivity index (χ4v) is 4.60. The van der Waals surface area contributed by atoms with Crippen molar-refractivity contribution in [2.75, 3.05) is 5.75 Å². The number of carbonyl (C=O) groups is 1. The Kier molecular flexibility index (Phi) is 4.57. The largest absolute Gasteiger partial charge is 0.350 e. The molecule has 2 aromatic rings. The van der Waals surface area contributed by atoms with Gasteiger partial charge in [-0.3, -0.25) is 19.1 Å². The van der Waals surface area contributed by atoms with Crippen molar-refractivity contribution in [3.8, 4) is 0 Å². The molecule has 1 atom stereocenters. The number of pyridine rings is 1. The van der Waals surface area contributed by atoms with Crippen LogP contribution in [-0.2, 0) is 24.2 Å². The van der Waals surface area contributed by atoms with Gasteiger partial charge in [0, 0.05) is 23.9 Å². The SMILES string of the molecule is O=C(CC1CSc2nc3c(c(=O)n21)CCCC3)NCc1ccccn1. The molecule has 0 spiro atoms. The van der Waals surface area contributed by atoms with Crippen molar-refractivity contribution in [1.29, 1.82) is 0 Å². The fourth-order valence-electron chi connectivity index (χ4n) is 3.44. The van der Waals surface area contributed by atoms with Gasteiger partial charge in [0.25, 0.3) is 5.56 Å². The molecule has 1 N–H and O–H groups in total. The molecule has 2 aliphatic rings.